The maximum Gasteiger partial charge on any atom is 0.243 e. The van der Waals surface area contributed by atoms with E-state index in [4.69, 9.17) is 17.3 Å². The molecule has 1 aliphatic rings. The summed E-state index contributed by atoms with van der Waals surface area (Å²) >= 11 is 5.84. The fourth-order valence-corrected chi connectivity index (χ4v) is 3.96. The molecule has 1 aliphatic heterocycles. The molecule has 0 saturated carbocycles. The zero-order valence-corrected chi connectivity index (χ0v) is 13.1. The number of rotatable bonds is 4. The van der Waals surface area contributed by atoms with E-state index < -0.39 is 10.0 Å². The van der Waals surface area contributed by atoms with Crippen molar-refractivity contribution in [2.75, 3.05) is 32.7 Å². The Hall–Kier alpha value is -1.15. The number of hydrogen-bond donors (Lipinski definition) is 1. The SMILES string of the molecule is NCCC(=O)N1CCN(S(=O)(=O)c2cccc(Cl)c2)CC1. The van der Waals surface area contributed by atoms with Crippen molar-refractivity contribution in [3.05, 3.63) is 29.3 Å². The van der Waals surface area contributed by atoms with Gasteiger partial charge in [-0.05, 0) is 18.2 Å². The van der Waals surface area contributed by atoms with Crippen LogP contribution in [0.4, 0.5) is 0 Å². The van der Waals surface area contributed by atoms with Crippen molar-refractivity contribution in [3.63, 3.8) is 0 Å². The fourth-order valence-electron chi connectivity index (χ4n) is 2.24. The lowest BCUT2D eigenvalue weighted by atomic mass is 10.3. The van der Waals surface area contributed by atoms with Crippen LogP contribution in [0, 0.1) is 0 Å². The summed E-state index contributed by atoms with van der Waals surface area (Å²) in [6, 6.07) is 6.19. The fraction of sp³-hybridized carbons (Fsp3) is 0.462. The van der Waals surface area contributed by atoms with E-state index >= 15 is 0 Å². The number of carbonyl (C=O) groups excluding carboxylic acids is 1. The molecule has 2 N–H and O–H groups in total. The first-order valence-corrected chi connectivity index (χ1v) is 8.50. The quantitative estimate of drug-likeness (QED) is 0.872. The molecule has 1 saturated heterocycles. The molecule has 0 aliphatic carbocycles. The molecule has 6 nitrogen and oxygen atoms in total. The Morgan fingerprint density at radius 2 is 1.90 bits per heavy atom. The van der Waals surface area contributed by atoms with Gasteiger partial charge in [0, 0.05) is 44.2 Å². The number of carbonyl (C=O) groups is 1. The van der Waals surface area contributed by atoms with E-state index in [9.17, 15) is 13.2 Å². The van der Waals surface area contributed by atoms with Gasteiger partial charge < -0.3 is 10.6 Å². The molecule has 1 aromatic carbocycles. The highest BCUT2D eigenvalue weighted by atomic mass is 35.5. The van der Waals surface area contributed by atoms with Gasteiger partial charge in [0.25, 0.3) is 0 Å². The molecule has 1 amide bonds. The zero-order chi connectivity index (χ0) is 15.5. The van der Waals surface area contributed by atoms with Crippen LogP contribution >= 0.6 is 11.6 Å². The van der Waals surface area contributed by atoms with Crippen molar-refractivity contribution >= 4 is 27.5 Å². The van der Waals surface area contributed by atoms with Gasteiger partial charge in [0.05, 0.1) is 4.90 Å². The molecular formula is C13H18ClN3O3S. The number of amides is 1. The third-order valence-electron chi connectivity index (χ3n) is 3.38. The lowest BCUT2D eigenvalue weighted by molar-refractivity contribution is -0.132. The van der Waals surface area contributed by atoms with E-state index in [1.54, 1.807) is 17.0 Å². The Labute approximate surface area is 129 Å². The highest BCUT2D eigenvalue weighted by Gasteiger charge is 2.29. The summed E-state index contributed by atoms with van der Waals surface area (Å²) in [4.78, 5) is 13.6. The minimum absolute atomic E-state index is 0.0303. The van der Waals surface area contributed by atoms with Crippen molar-refractivity contribution in [2.24, 2.45) is 5.73 Å². The highest BCUT2D eigenvalue weighted by molar-refractivity contribution is 7.89. The van der Waals surface area contributed by atoms with Gasteiger partial charge in [-0.25, -0.2) is 8.42 Å². The van der Waals surface area contributed by atoms with E-state index in [2.05, 4.69) is 0 Å². The van der Waals surface area contributed by atoms with Crippen LogP contribution in [0.15, 0.2) is 29.2 Å². The number of benzene rings is 1. The molecule has 2 rings (SSSR count). The third kappa shape index (κ3) is 3.74. The summed E-state index contributed by atoms with van der Waals surface area (Å²) in [5.74, 6) is -0.0303. The van der Waals surface area contributed by atoms with Gasteiger partial charge in [-0.3, -0.25) is 4.79 Å². The first-order chi connectivity index (χ1) is 9.95. The first-order valence-electron chi connectivity index (χ1n) is 6.68. The van der Waals surface area contributed by atoms with Gasteiger partial charge in [0.1, 0.15) is 0 Å². The van der Waals surface area contributed by atoms with Crippen LogP contribution < -0.4 is 5.73 Å². The van der Waals surface area contributed by atoms with Gasteiger partial charge in [-0.2, -0.15) is 4.31 Å². The molecule has 21 heavy (non-hydrogen) atoms. The maximum atomic E-state index is 12.5. The van der Waals surface area contributed by atoms with Crippen LogP contribution in [0.5, 0.6) is 0 Å². The molecule has 0 aromatic heterocycles. The van der Waals surface area contributed by atoms with Crippen molar-refractivity contribution in [1.29, 1.82) is 0 Å². The van der Waals surface area contributed by atoms with Gasteiger partial charge in [-0.15, -0.1) is 0 Å². The molecule has 0 bridgehead atoms. The van der Waals surface area contributed by atoms with Crippen LogP contribution in [0.1, 0.15) is 6.42 Å². The summed E-state index contributed by atoms with van der Waals surface area (Å²) in [6.45, 7) is 1.65. The molecule has 0 atom stereocenters. The lowest BCUT2D eigenvalue weighted by Crippen LogP contribution is -2.50. The smallest absolute Gasteiger partial charge is 0.243 e. The Morgan fingerprint density at radius 3 is 2.48 bits per heavy atom. The van der Waals surface area contributed by atoms with Crippen LogP contribution in [-0.2, 0) is 14.8 Å². The van der Waals surface area contributed by atoms with Crippen LogP contribution in [0.3, 0.4) is 0 Å². The Morgan fingerprint density at radius 1 is 1.24 bits per heavy atom. The molecule has 1 heterocycles. The van der Waals surface area contributed by atoms with Crippen LogP contribution in [-0.4, -0.2) is 56.3 Å². The molecule has 1 aromatic rings. The van der Waals surface area contributed by atoms with Gasteiger partial charge >= 0.3 is 0 Å². The molecular weight excluding hydrogens is 314 g/mol. The van der Waals surface area contributed by atoms with Gasteiger partial charge in [-0.1, -0.05) is 17.7 Å². The van der Waals surface area contributed by atoms with Crippen LogP contribution in [0.25, 0.3) is 0 Å². The predicted molar refractivity (Wildman–Crippen MR) is 80.5 cm³/mol. The van der Waals surface area contributed by atoms with Crippen molar-refractivity contribution in [1.82, 2.24) is 9.21 Å². The Bertz CT molecular complexity index is 613. The van der Waals surface area contributed by atoms with E-state index in [0.29, 0.717) is 31.1 Å². The van der Waals surface area contributed by atoms with Crippen molar-refractivity contribution < 1.29 is 13.2 Å². The highest BCUT2D eigenvalue weighted by Crippen LogP contribution is 2.20. The lowest BCUT2D eigenvalue weighted by Gasteiger charge is -2.34. The Kier molecular flexibility index (Phi) is 5.21. The predicted octanol–water partition coefficient (Wildman–Crippen LogP) is 0.522. The van der Waals surface area contributed by atoms with E-state index in [-0.39, 0.29) is 23.9 Å². The summed E-state index contributed by atoms with van der Waals surface area (Å²) in [7, 11) is -3.56. The summed E-state index contributed by atoms with van der Waals surface area (Å²) < 4.78 is 26.4. The summed E-state index contributed by atoms with van der Waals surface area (Å²) in [6.07, 6.45) is 0.293. The first kappa shape index (κ1) is 16.2. The van der Waals surface area contributed by atoms with Crippen LogP contribution in [0.2, 0.25) is 5.02 Å². The molecule has 0 spiro atoms. The third-order valence-corrected chi connectivity index (χ3v) is 5.51. The van der Waals surface area contributed by atoms with Gasteiger partial charge in [0.2, 0.25) is 15.9 Å². The molecule has 1 fully saturated rings. The molecule has 116 valence electrons. The normalized spacial score (nSPS) is 17.0. The van der Waals surface area contributed by atoms with E-state index in [1.165, 1.54) is 16.4 Å². The number of halogens is 1. The molecule has 0 radical (unpaired) electrons. The second kappa shape index (κ2) is 6.74. The maximum absolute atomic E-state index is 12.5. The average Bonchev–Trinajstić information content (AvgIpc) is 2.47. The number of hydrogen-bond acceptors (Lipinski definition) is 4. The summed E-state index contributed by atoms with van der Waals surface area (Å²) in [5.41, 5.74) is 5.36. The molecule has 0 unspecified atom stereocenters. The van der Waals surface area contributed by atoms with E-state index in [0.717, 1.165) is 0 Å². The second-order valence-electron chi connectivity index (χ2n) is 4.78. The van der Waals surface area contributed by atoms with E-state index in [1.807, 2.05) is 0 Å². The average molecular weight is 332 g/mol. The zero-order valence-electron chi connectivity index (χ0n) is 11.5. The minimum atomic E-state index is -3.56. The largest absolute Gasteiger partial charge is 0.340 e. The monoisotopic (exact) mass is 331 g/mol. The number of nitrogens with zero attached hydrogens (tertiary/aromatic N) is 2. The summed E-state index contributed by atoms with van der Waals surface area (Å²) in [5, 5.41) is 0.382. The minimum Gasteiger partial charge on any atom is -0.340 e. The molecule has 8 heteroatoms. The number of piperazine rings is 1. The number of sulfonamides is 1. The van der Waals surface area contributed by atoms with Crippen molar-refractivity contribution in [3.8, 4) is 0 Å². The Balaban J connectivity index is 2.06. The standard InChI is InChI=1S/C13H18ClN3O3S/c14-11-2-1-3-12(10-11)21(19,20)17-8-6-16(7-9-17)13(18)4-5-15/h1-3,10H,4-9,15H2. The number of nitrogens with two attached hydrogens (primary N) is 1. The van der Waals surface area contributed by atoms with Crippen molar-refractivity contribution in [2.45, 2.75) is 11.3 Å². The second-order valence-corrected chi connectivity index (χ2v) is 7.16. The van der Waals surface area contributed by atoms with Gasteiger partial charge in [0.15, 0.2) is 0 Å². The topological polar surface area (TPSA) is 83.7 Å².